The van der Waals surface area contributed by atoms with E-state index in [0.29, 0.717) is 15.2 Å². The summed E-state index contributed by atoms with van der Waals surface area (Å²) in [7, 11) is 0. The highest BCUT2D eigenvalue weighted by Gasteiger charge is 2.01. The lowest BCUT2D eigenvalue weighted by Gasteiger charge is -2.11. The molecule has 0 fully saturated rings. The van der Waals surface area contributed by atoms with Gasteiger partial charge in [-0.2, -0.15) is 0 Å². The van der Waals surface area contributed by atoms with Crippen LogP contribution in [-0.4, -0.2) is 11.7 Å². The molecule has 0 aliphatic carbocycles. The summed E-state index contributed by atoms with van der Waals surface area (Å²) < 4.78 is 0. The van der Waals surface area contributed by atoms with Crippen LogP contribution >= 0.6 is 35.4 Å². The van der Waals surface area contributed by atoms with Gasteiger partial charge in [-0.05, 0) is 48.8 Å². The van der Waals surface area contributed by atoms with Gasteiger partial charge in [-0.3, -0.25) is 0 Å². The lowest BCUT2D eigenvalue weighted by atomic mass is 10.1. The fourth-order valence-electron chi connectivity index (χ4n) is 1.89. The molecule has 0 aliphatic heterocycles. The Balaban J connectivity index is 1.71. The molecule has 0 radical (unpaired) electrons. The average molecular weight is 339 g/mol. The molecule has 2 aromatic carbocycles. The van der Waals surface area contributed by atoms with Crippen LogP contribution in [-0.2, 0) is 6.42 Å². The third-order valence-electron chi connectivity index (χ3n) is 2.95. The van der Waals surface area contributed by atoms with Crippen molar-refractivity contribution in [1.29, 1.82) is 0 Å². The summed E-state index contributed by atoms with van der Waals surface area (Å²) in [6, 6.07) is 15.7. The Kier molecular flexibility index (Phi) is 6.30. The molecule has 0 saturated carbocycles. The summed E-state index contributed by atoms with van der Waals surface area (Å²) in [5.74, 6) is 0. The van der Waals surface area contributed by atoms with E-state index in [9.17, 15) is 0 Å². The molecule has 110 valence electrons. The lowest BCUT2D eigenvalue weighted by molar-refractivity contribution is 0.777. The Labute approximate surface area is 140 Å². The number of anilines is 1. The maximum atomic E-state index is 5.96. The van der Waals surface area contributed by atoms with E-state index in [2.05, 4.69) is 34.9 Å². The van der Waals surface area contributed by atoms with Crippen molar-refractivity contribution in [2.75, 3.05) is 11.9 Å². The minimum Gasteiger partial charge on any atom is -0.362 e. The van der Waals surface area contributed by atoms with E-state index in [0.717, 1.165) is 25.1 Å². The van der Waals surface area contributed by atoms with Crippen molar-refractivity contribution in [3.63, 3.8) is 0 Å². The number of hydrogen-bond donors (Lipinski definition) is 2. The summed E-state index contributed by atoms with van der Waals surface area (Å²) >= 11 is 17.1. The largest absolute Gasteiger partial charge is 0.362 e. The third kappa shape index (κ3) is 5.54. The van der Waals surface area contributed by atoms with Crippen molar-refractivity contribution < 1.29 is 0 Å². The van der Waals surface area contributed by atoms with E-state index >= 15 is 0 Å². The van der Waals surface area contributed by atoms with Crippen molar-refractivity contribution in [2.24, 2.45) is 0 Å². The summed E-state index contributed by atoms with van der Waals surface area (Å²) in [5, 5.41) is 7.89. The van der Waals surface area contributed by atoms with Gasteiger partial charge >= 0.3 is 0 Å². The van der Waals surface area contributed by atoms with E-state index in [1.807, 2.05) is 12.1 Å². The molecule has 0 atom stereocenters. The Hall–Kier alpha value is -1.29. The monoisotopic (exact) mass is 338 g/mol. The first-order valence-corrected chi connectivity index (χ1v) is 7.85. The van der Waals surface area contributed by atoms with Crippen LogP contribution in [0.1, 0.15) is 12.0 Å². The Morgan fingerprint density at radius 1 is 1.00 bits per heavy atom. The van der Waals surface area contributed by atoms with E-state index in [4.69, 9.17) is 35.4 Å². The molecule has 2 rings (SSSR count). The smallest absolute Gasteiger partial charge is 0.170 e. The number of nitrogens with one attached hydrogen (secondary N) is 2. The van der Waals surface area contributed by atoms with Gasteiger partial charge in [0.1, 0.15) is 0 Å². The molecule has 2 aromatic rings. The second-order valence-electron chi connectivity index (χ2n) is 4.60. The number of halogens is 2. The quantitative estimate of drug-likeness (QED) is 0.598. The molecule has 0 heterocycles. The standard InChI is InChI=1S/C16H16Cl2N2S/c17-14-9-8-13(11-15(14)18)20-16(21)19-10-4-7-12-5-2-1-3-6-12/h1-3,5-6,8-9,11H,4,7,10H2,(H2,19,20,21). The molecule has 0 unspecified atom stereocenters. The van der Waals surface area contributed by atoms with E-state index < -0.39 is 0 Å². The van der Waals surface area contributed by atoms with Crippen LogP contribution in [0.5, 0.6) is 0 Å². The topological polar surface area (TPSA) is 24.1 Å². The Morgan fingerprint density at radius 3 is 2.48 bits per heavy atom. The van der Waals surface area contributed by atoms with Crippen LogP contribution in [0, 0.1) is 0 Å². The van der Waals surface area contributed by atoms with Gasteiger partial charge in [0, 0.05) is 12.2 Å². The zero-order chi connectivity index (χ0) is 15.1. The minimum atomic E-state index is 0.508. The predicted molar refractivity (Wildman–Crippen MR) is 95.4 cm³/mol. The van der Waals surface area contributed by atoms with Crippen LogP contribution in [0.25, 0.3) is 0 Å². The molecule has 2 N–H and O–H groups in total. The van der Waals surface area contributed by atoms with Crippen molar-refractivity contribution >= 4 is 46.2 Å². The summed E-state index contributed by atoms with van der Waals surface area (Å²) in [4.78, 5) is 0. The summed E-state index contributed by atoms with van der Waals surface area (Å²) in [6.45, 7) is 0.821. The molecule has 21 heavy (non-hydrogen) atoms. The molecule has 0 bridgehead atoms. The van der Waals surface area contributed by atoms with Crippen LogP contribution in [0.4, 0.5) is 5.69 Å². The van der Waals surface area contributed by atoms with Gasteiger partial charge in [0.15, 0.2) is 5.11 Å². The maximum Gasteiger partial charge on any atom is 0.170 e. The number of thiocarbonyl (C=S) groups is 1. The molecule has 0 aromatic heterocycles. The minimum absolute atomic E-state index is 0.508. The lowest BCUT2D eigenvalue weighted by Crippen LogP contribution is -2.29. The summed E-state index contributed by atoms with van der Waals surface area (Å²) in [5.41, 5.74) is 2.16. The molecular weight excluding hydrogens is 323 g/mol. The highest BCUT2D eigenvalue weighted by Crippen LogP contribution is 2.24. The predicted octanol–water partition coefficient (Wildman–Crippen LogP) is 4.91. The fourth-order valence-corrected chi connectivity index (χ4v) is 2.41. The third-order valence-corrected chi connectivity index (χ3v) is 3.93. The summed E-state index contributed by atoms with van der Waals surface area (Å²) in [6.07, 6.45) is 2.05. The number of aryl methyl sites for hydroxylation is 1. The Morgan fingerprint density at radius 2 is 1.76 bits per heavy atom. The van der Waals surface area contributed by atoms with Gasteiger partial charge < -0.3 is 10.6 Å². The first-order chi connectivity index (χ1) is 10.1. The van der Waals surface area contributed by atoms with Gasteiger partial charge in [0.05, 0.1) is 10.0 Å². The van der Waals surface area contributed by atoms with Crippen LogP contribution in [0.2, 0.25) is 10.0 Å². The van der Waals surface area contributed by atoms with E-state index in [-0.39, 0.29) is 0 Å². The fraction of sp³-hybridized carbons (Fsp3) is 0.188. The second-order valence-corrected chi connectivity index (χ2v) is 5.82. The molecule has 2 nitrogen and oxygen atoms in total. The molecule has 5 heteroatoms. The molecule has 0 aliphatic rings. The van der Waals surface area contributed by atoms with Crippen molar-refractivity contribution in [3.05, 3.63) is 64.1 Å². The van der Waals surface area contributed by atoms with Crippen molar-refractivity contribution in [3.8, 4) is 0 Å². The molecule has 0 spiro atoms. The van der Waals surface area contributed by atoms with Crippen LogP contribution < -0.4 is 10.6 Å². The first-order valence-electron chi connectivity index (χ1n) is 6.69. The van der Waals surface area contributed by atoms with Crippen LogP contribution in [0.3, 0.4) is 0 Å². The highest BCUT2D eigenvalue weighted by molar-refractivity contribution is 7.80. The highest BCUT2D eigenvalue weighted by atomic mass is 35.5. The maximum absolute atomic E-state index is 5.96. The zero-order valence-corrected chi connectivity index (χ0v) is 13.7. The van der Waals surface area contributed by atoms with Gasteiger partial charge in [-0.25, -0.2) is 0 Å². The Bertz CT molecular complexity index is 602. The van der Waals surface area contributed by atoms with Gasteiger partial charge in [0.2, 0.25) is 0 Å². The number of hydrogen-bond acceptors (Lipinski definition) is 1. The molecular formula is C16H16Cl2N2S. The zero-order valence-electron chi connectivity index (χ0n) is 11.4. The SMILES string of the molecule is S=C(NCCCc1ccccc1)Nc1ccc(Cl)c(Cl)c1. The molecule has 0 saturated heterocycles. The van der Waals surface area contributed by atoms with Gasteiger partial charge in [0.25, 0.3) is 0 Å². The van der Waals surface area contributed by atoms with Crippen molar-refractivity contribution in [2.45, 2.75) is 12.8 Å². The van der Waals surface area contributed by atoms with Gasteiger partial charge in [-0.1, -0.05) is 53.5 Å². The normalized spacial score (nSPS) is 10.2. The average Bonchev–Trinajstić information content (AvgIpc) is 2.49. The van der Waals surface area contributed by atoms with E-state index in [1.54, 1.807) is 12.1 Å². The molecule has 0 amide bonds. The van der Waals surface area contributed by atoms with Crippen LogP contribution in [0.15, 0.2) is 48.5 Å². The van der Waals surface area contributed by atoms with Crippen molar-refractivity contribution in [1.82, 2.24) is 5.32 Å². The number of rotatable bonds is 5. The first kappa shape index (κ1) is 16.1. The van der Waals surface area contributed by atoms with Gasteiger partial charge in [-0.15, -0.1) is 0 Å². The second kappa shape index (κ2) is 8.23. The van der Waals surface area contributed by atoms with E-state index in [1.165, 1.54) is 5.56 Å². The number of benzene rings is 2.